The summed E-state index contributed by atoms with van der Waals surface area (Å²) in [6.45, 7) is 4.51. The molecule has 1 rings (SSSR count). The van der Waals surface area contributed by atoms with E-state index in [1.165, 1.54) is 25.7 Å². The molecule has 0 amide bonds. The maximum absolute atomic E-state index is 6.52. The van der Waals surface area contributed by atoms with Crippen LogP contribution in [0.2, 0.25) is 10.6 Å². The number of halogens is 2. The third-order valence-electron chi connectivity index (χ3n) is 2.87. The molecule has 0 aromatic rings. The van der Waals surface area contributed by atoms with E-state index in [2.05, 4.69) is 20.8 Å². The van der Waals surface area contributed by atoms with Gasteiger partial charge in [0.05, 0.1) is 0 Å². The summed E-state index contributed by atoms with van der Waals surface area (Å²) in [5.41, 5.74) is 0.640. The Kier molecular flexibility index (Phi) is 3.18. The van der Waals surface area contributed by atoms with Gasteiger partial charge in [0.25, 0.3) is 6.69 Å². The Morgan fingerprint density at radius 3 is 1.83 bits per heavy atom. The van der Waals surface area contributed by atoms with Gasteiger partial charge in [0, 0.05) is 0 Å². The fraction of sp³-hybridized carbons (Fsp3) is 1.00. The monoisotopic (exact) mass is 224 g/mol. The lowest BCUT2D eigenvalue weighted by Gasteiger charge is -2.36. The topological polar surface area (TPSA) is 0 Å². The van der Waals surface area contributed by atoms with E-state index in [4.69, 9.17) is 22.2 Å². The van der Waals surface area contributed by atoms with Crippen molar-refractivity contribution in [2.45, 2.75) is 57.0 Å². The van der Waals surface area contributed by atoms with Crippen molar-refractivity contribution in [1.29, 1.82) is 0 Å². The highest BCUT2D eigenvalue weighted by molar-refractivity contribution is 7.47. The third-order valence-corrected chi connectivity index (χ3v) is 11.7. The average molecular weight is 225 g/mol. The van der Waals surface area contributed by atoms with E-state index in [0.717, 1.165) is 0 Å². The van der Waals surface area contributed by atoms with Crippen LogP contribution in [0.15, 0.2) is 0 Å². The van der Waals surface area contributed by atoms with Crippen LogP contribution in [-0.4, -0.2) is 6.69 Å². The second-order valence-corrected chi connectivity index (χ2v) is 12.6. The zero-order valence-electron chi connectivity index (χ0n) is 8.16. The van der Waals surface area contributed by atoms with Gasteiger partial charge in [0.15, 0.2) is 0 Å². The van der Waals surface area contributed by atoms with Gasteiger partial charge in [-0.2, -0.15) is 0 Å². The first kappa shape index (κ1) is 10.9. The molecule has 0 N–H and O–H groups in total. The van der Waals surface area contributed by atoms with E-state index in [1.807, 2.05) is 0 Å². The van der Waals surface area contributed by atoms with Crippen LogP contribution in [0, 0.1) is 0 Å². The molecule has 0 aromatic carbocycles. The van der Waals surface area contributed by atoms with Crippen LogP contribution in [-0.2, 0) is 0 Å². The van der Waals surface area contributed by atoms with E-state index in [-0.39, 0.29) is 5.04 Å². The summed E-state index contributed by atoms with van der Waals surface area (Å²) in [6.07, 6.45) is 5.18. The van der Waals surface area contributed by atoms with E-state index in [0.29, 0.717) is 5.54 Å². The fourth-order valence-corrected chi connectivity index (χ4v) is 5.57. The molecule has 1 aliphatic carbocycles. The molecule has 0 saturated heterocycles. The minimum atomic E-state index is -2.03. The van der Waals surface area contributed by atoms with E-state index < -0.39 is 6.69 Å². The molecule has 1 aliphatic rings. The Balaban J connectivity index is 2.69. The quantitative estimate of drug-likeness (QED) is 0.450. The molecule has 1 fully saturated rings. The molecular formula is C9H18Cl2Si. The van der Waals surface area contributed by atoms with Crippen molar-refractivity contribution in [1.82, 2.24) is 0 Å². The second-order valence-electron chi connectivity index (χ2n) is 4.85. The molecular weight excluding hydrogens is 207 g/mol. The fourth-order valence-electron chi connectivity index (χ4n) is 1.90. The van der Waals surface area contributed by atoms with E-state index in [9.17, 15) is 0 Å². The minimum Gasteiger partial charge on any atom is -0.145 e. The zero-order valence-corrected chi connectivity index (χ0v) is 10.7. The molecule has 12 heavy (non-hydrogen) atoms. The minimum absolute atomic E-state index is 0.130. The van der Waals surface area contributed by atoms with Crippen molar-refractivity contribution in [2.75, 3.05) is 0 Å². The van der Waals surface area contributed by atoms with Gasteiger partial charge in [0.1, 0.15) is 0 Å². The number of hydrogen-bond donors (Lipinski definition) is 0. The van der Waals surface area contributed by atoms with Crippen molar-refractivity contribution >= 4 is 28.9 Å². The van der Waals surface area contributed by atoms with Crippen molar-refractivity contribution < 1.29 is 0 Å². The highest BCUT2D eigenvalue weighted by atomic mass is 35.7. The Labute approximate surface area is 86.1 Å². The molecule has 0 bridgehead atoms. The van der Waals surface area contributed by atoms with Gasteiger partial charge in [0.2, 0.25) is 0 Å². The van der Waals surface area contributed by atoms with Crippen molar-refractivity contribution in [3.05, 3.63) is 0 Å². The first-order chi connectivity index (χ1) is 5.36. The maximum atomic E-state index is 6.52. The molecule has 0 radical (unpaired) electrons. The van der Waals surface area contributed by atoms with Crippen LogP contribution in [0.25, 0.3) is 0 Å². The number of rotatable bonds is 1. The number of hydrogen-bond acceptors (Lipinski definition) is 0. The Morgan fingerprint density at radius 2 is 1.50 bits per heavy atom. The molecule has 0 atom stereocenters. The summed E-state index contributed by atoms with van der Waals surface area (Å²) in [5, 5.41) is 0.130. The lowest BCUT2D eigenvalue weighted by molar-refractivity contribution is 0.701. The van der Waals surface area contributed by atoms with Gasteiger partial charge < -0.3 is 0 Å². The summed E-state index contributed by atoms with van der Waals surface area (Å²) in [4.78, 5) is 0. The highest BCUT2D eigenvalue weighted by Crippen LogP contribution is 2.54. The molecule has 0 aliphatic heterocycles. The average Bonchev–Trinajstić information content (AvgIpc) is 2.34. The Morgan fingerprint density at radius 1 is 1.08 bits per heavy atom. The first-order valence-electron chi connectivity index (χ1n) is 4.73. The van der Waals surface area contributed by atoms with Crippen LogP contribution < -0.4 is 0 Å². The maximum Gasteiger partial charge on any atom is 0.259 e. The molecule has 72 valence electrons. The second kappa shape index (κ2) is 3.51. The Hall–Kier alpha value is 0.797. The lowest BCUT2D eigenvalue weighted by atomic mass is 10.2. The SMILES string of the molecule is CC(C)(C)[Si](Cl)(Cl)C1CCCC1. The van der Waals surface area contributed by atoms with Crippen LogP contribution in [0.3, 0.4) is 0 Å². The molecule has 0 nitrogen and oxygen atoms in total. The summed E-state index contributed by atoms with van der Waals surface area (Å²) < 4.78 is 0. The summed E-state index contributed by atoms with van der Waals surface area (Å²) >= 11 is 13.0. The van der Waals surface area contributed by atoms with Crippen molar-refractivity contribution in [2.24, 2.45) is 0 Å². The predicted octanol–water partition coefficient (Wildman–Crippen LogP) is 4.65. The summed E-state index contributed by atoms with van der Waals surface area (Å²) in [6, 6.07) is 0. The molecule has 3 heteroatoms. The largest absolute Gasteiger partial charge is 0.259 e. The first-order valence-corrected chi connectivity index (χ1v) is 8.83. The highest BCUT2D eigenvalue weighted by Gasteiger charge is 2.49. The van der Waals surface area contributed by atoms with E-state index >= 15 is 0 Å². The van der Waals surface area contributed by atoms with E-state index in [1.54, 1.807) is 0 Å². The van der Waals surface area contributed by atoms with Gasteiger partial charge in [-0.1, -0.05) is 46.5 Å². The predicted molar refractivity (Wildman–Crippen MR) is 59.4 cm³/mol. The molecule has 1 saturated carbocycles. The molecule has 0 aromatic heterocycles. The third kappa shape index (κ3) is 1.99. The Bertz CT molecular complexity index is 154. The van der Waals surface area contributed by atoms with Gasteiger partial charge in [-0.25, -0.2) is 0 Å². The van der Waals surface area contributed by atoms with Crippen LogP contribution >= 0.6 is 22.2 Å². The summed E-state index contributed by atoms with van der Waals surface area (Å²) in [7, 11) is 0. The summed E-state index contributed by atoms with van der Waals surface area (Å²) in [5.74, 6) is 0. The molecule has 0 unspecified atom stereocenters. The van der Waals surface area contributed by atoms with Gasteiger partial charge in [-0.05, 0) is 10.6 Å². The van der Waals surface area contributed by atoms with Crippen LogP contribution in [0.4, 0.5) is 0 Å². The van der Waals surface area contributed by atoms with Crippen LogP contribution in [0.5, 0.6) is 0 Å². The zero-order chi connectivity index (χ0) is 9.41. The smallest absolute Gasteiger partial charge is 0.145 e. The van der Waals surface area contributed by atoms with Crippen molar-refractivity contribution in [3.8, 4) is 0 Å². The van der Waals surface area contributed by atoms with Gasteiger partial charge >= 0.3 is 0 Å². The normalized spacial score (nSPS) is 21.8. The van der Waals surface area contributed by atoms with Gasteiger partial charge in [-0.3, -0.25) is 0 Å². The lowest BCUT2D eigenvalue weighted by Crippen LogP contribution is -2.36. The standard InChI is InChI=1S/C9H18Cl2Si/c1-9(2,3)12(10,11)8-6-4-5-7-8/h8H,4-7H2,1-3H3. The molecule has 0 spiro atoms. The van der Waals surface area contributed by atoms with Crippen LogP contribution in [0.1, 0.15) is 46.5 Å². The molecule has 0 heterocycles. The van der Waals surface area contributed by atoms with Crippen molar-refractivity contribution in [3.63, 3.8) is 0 Å². The van der Waals surface area contributed by atoms with Gasteiger partial charge in [-0.15, -0.1) is 22.2 Å².